The molecular formula is C11H15NO3. The second kappa shape index (κ2) is 4.77. The summed E-state index contributed by atoms with van der Waals surface area (Å²) in [5, 5.41) is 10.7. The summed E-state index contributed by atoms with van der Waals surface area (Å²) in [4.78, 5) is 10.3. The van der Waals surface area contributed by atoms with Crippen molar-refractivity contribution in [2.24, 2.45) is 0 Å². The van der Waals surface area contributed by atoms with Crippen LogP contribution in [0.3, 0.4) is 0 Å². The van der Waals surface area contributed by atoms with Crippen LogP contribution in [0.15, 0.2) is 18.2 Å². The third-order valence-electron chi connectivity index (χ3n) is 2.10. The summed E-state index contributed by atoms with van der Waals surface area (Å²) in [6, 6.07) is 4.89. The standard InChI is InChI=1S/C11H15NO3/c1-4-15-11-6-9(8(2)3)5-10(7-11)12(13)14/h5-8H,4H2,1-3H3. The molecule has 0 heterocycles. The summed E-state index contributed by atoms with van der Waals surface area (Å²) in [6.45, 7) is 6.36. The Morgan fingerprint density at radius 1 is 1.40 bits per heavy atom. The summed E-state index contributed by atoms with van der Waals surface area (Å²) in [5.41, 5.74) is 1.01. The van der Waals surface area contributed by atoms with Crippen LogP contribution in [0, 0.1) is 10.1 Å². The van der Waals surface area contributed by atoms with E-state index in [0.717, 1.165) is 5.56 Å². The quantitative estimate of drug-likeness (QED) is 0.565. The summed E-state index contributed by atoms with van der Waals surface area (Å²) < 4.78 is 5.28. The van der Waals surface area contributed by atoms with E-state index in [0.29, 0.717) is 12.4 Å². The van der Waals surface area contributed by atoms with Crippen molar-refractivity contribution in [1.82, 2.24) is 0 Å². The Balaban J connectivity index is 3.14. The molecule has 0 aromatic heterocycles. The number of hydrogen-bond acceptors (Lipinski definition) is 3. The molecule has 0 unspecified atom stereocenters. The number of non-ortho nitro benzene ring substituents is 1. The summed E-state index contributed by atoms with van der Waals surface area (Å²) in [6.07, 6.45) is 0. The second-order valence-corrected chi connectivity index (χ2v) is 3.61. The lowest BCUT2D eigenvalue weighted by Gasteiger charge is -2.08. The Hall–Kier alpha value is -1.58. The number of hydrogen-bond donors (Lipinski definition) is 0. The topological polar surface area (TPSA) is 52.4 Å². The van der Waals surface area contributed by atoms with E-state index < -0.39 is 4.92 Å². The molecule has 82 valence electrons. The fraction of sp³-hybridized carbons (Fsp3) is 0.455. The number of nitro groups is 1. The van der Waals surface area contributed by atoms with E-state index in [1.54, 1.807) is 6.07 Å². The third-order valence-corrected chi connectivity index (χ3v) is 2.10. The Morgan fingerprint density at radius 2 is 2.07 bits per heavy atom. The lowest BCUT2D eigenvalue weighted by atomic mass is 10.0. The normalized spacial score (nSPS) is 10.4. The van der Waals surface area contributed by atoms with E-state index in [9.17, 15) is 10.1 Å². The zero-order valence-corrected chi connectivity index (χ0v) is 9.19. The maximum atomic E-state index is 10.7. The summed E-state index contributed by atoms with van der Waals surface area (Å²) >= 11 is 0. The Labute approximate surface area is 89.0 Å². The monoisotopic (exact) mass is 209 g/mol. The minimum atomic E-state index is -0.394. The van der Waals surface area contributed by atoms with Gasteiger partial charge in [0.25, 0.3) is 5.69 Å². The predicted molar refractivity (Wildman–Crippen MR) is 58.4 cm³/mol. The van der Waals surface area contributed by atoms with Gasteiger partial charge in [-0.1, -0.05) is 13.8 Å². The van der Waals surface area contributed by atoms with Gasteiger partial charge in [-0.2, -0.15) is 0 Å². The Bertz CT molecular complexity index is 361. The van der Waals surface area contributed by atoms with E-state index in [-0.39, 0.29) is 11.6 Å². The fourth-order valence-electron chi connectivity index (χ4n) is 1.29. The largest absolute Gasteiger partial charge is 0.494 e. The van der Waals surface area contributed by atoms with Crippen LogP contribution in [-0.4, -0.2) is 11.5 Å². The van der Waals surface area contributed by atoms with Gasteiger partial charge >= 0.3 is 0 Å². The molecule has 0 aliphatic rings. The highest BCUT2D eigenvalue weighted by Crippen LogP contribution is 2.27. The lowest BCUT2D eigenvalue weighted by Crippen LogP contribution is -1.97. The lowest BCUT2D eigenvalue weighted by molar-refractivity contribution is -0.385. The van der Waals surface area contributed by atoms with Crippen molar-refractivity contribution >= 4 is 5.69 Å². The van der Waals surface area contributed by atoms with Crippen LogP contribution in [0.2, 0.25) is 0 Å². The van der Waals surface area contributed by atoms with Gasteiger partial charge in [-0.15, -0.1) is 0 Å². The molecule has 15 heavy (non-hydrogen) atoms. The van der Waals surface area contributed by atoms with Gasteiger partial charge in [-0.25, -0.2) is 0 Å². The molecule has 0 fully saturated rings. The van der Waals surface area contributed by atoms with Crippen LogP contribution in [0.1, 0.15) is 32.3 Å². The van der Waals surface area contributed by atoms with Gasteiger partial charge in [0.15, 0.2) is 0 Å². The second-order valence-electron chi connectivity index (χ2n) is 3.61. The molecule has 0 spiro atoms. The predicted octanol–water partition coefficient (Wildman–Crippen LogP) is 3.12. The first-order valence-corrected chi connectivity index (χ1v) is 4.96. The molecule has 4 heteroatoms. The number of rotatable bonds is 4. The van der Waals surface area contributed by atoms with Crippen molar-refractivity contribution in [3.05, 3.63) is 33.9 Å². The molecule has 0 bridgehead atoms. The molecule has 0 N–H and O–H groups in total. The van der Waals surface area contributed by atoms with Crippen molar-refractivity contribution < 1.29 is 9.66 Å². The van der Waals surface area contributed by atoms with E-state index in [1.807, 2.05) is 26.8 Å². The molecule has 0 aliphatic heterocycles. The molecule has 0 saturated heterocycles. The Morgan fingerprint density at radius 3 is 2.53 bits per heavy atom. The molecule has 0 aliphatic carbocycles. The molecule has 1 aromatic carbocycles. The minimum Gasteiger partial charge on any atom is -0.494 e. The first-order valence-electron chi connectivity index (χ1n) is 4.96. The smallest absolute Gasteiger partial charge is 0.273 e. The molecule has 0 saturated carbocycles. The van der Waals surface area contributed by atoms with Crippen molar-refractivity contribution in [2.75, 3.05) is 6.61 Å². The van der Waals surface area contributed by atoms with Crippen molar-refractivity contribution in [1.29, 1.82) is 0 Å². The zero-order valence-electron chi connectivity index (χ0n) is 9.19. The van der Waals surface area contributed by atoms with Gasteiger partial charge < -0.3 is 4.74 Å². The van der Waals surface area contributed by atoms with E-state index in [2.05, 4.69) is 0 Å². The van der Waals surface area contributed by atoms with E-state index in [4.69, 9.17) is 4.74 Å². The number of nitro benzene ring substituents is 1. The van der Waals surface area contributed by atoms with Gasteiger partial charge in [0.2, 0.25) is 0 Å². The van der Waals surface area contributed by atoms with E-state index >= 15 is 0 Å². The van der Waals surface area contributed by atoms with Crippen molar-refractivity contribution in [3.8, 4) is 5.75 Å². The zero-order chi connectivity index (χ0) is 11.4. The van der Waals surface area contributed by atoms with Crippen LogP contribution < -0.4 is 4.74 Å². The molecule has 0 atom stereocenters. The van der Waals surface area contributed by atoms with Gasteiger partial charge in [0, 0.05) is 6.07 Å². The fourth-order valence-corrected chi connectivity index (χ4v) is 1.29. The van der Waals surface area contributed by atoms with Gasteiger partial charge in [0.1, 0.15) is 5.75 Å². The van der Waals surface area contributed by atoms with Gasteiger partial charge in [0.05, 0.1) is 17.6 Å². The molecule has 1 rings (SSSR count). The summed E-state index contributed by atoms with van der Waals surface area (Å²) in [7, 11) is 0. The van der Waals surface area contributed by atoms with Crippen LogP contribution in [-0.2, 0) is 0 Å². The Kier molecular flexibility index (Phi) is 3.66. The minimum absolute atomic E-state index is 0.0876. The number of nitrogens with zero attached hydrogens (tertiary/aromatic N) is 1. The van der Waals surface area contributed by atoms with Gasteiger partial charge in [-0.3, -0.25) is 10.1 Å². The van der Waals surface area contributed by atoms with Gasteiger partial charge in [-0.05, 0) is 24.5 Å². The highest BCUT2D eigenvalue weighted by atomic mass is 16.6. The average Bonchev–Trinajstić information content (AvgIpc) is 2.17. The highest BCUT2D eigenvalue weighted by Gasteiger charge is 2.11. The van der Waals surface area contributed by atoms with Crippen LogP contribution in [0.4, 0.5) is 5.69 Å². The molecule has 0 radical (unpaired) electrons. The average molecular weight is 209 g/mol. The maximum absolute atomic E-state index is 10.7. The van der Waals surface area contributed by atoms with Crippen molar-refractivity contribution in [3.63, 3.8) is 0 Å². The SMILES string of the molecule is CCOc1cc(C(C)C)cc([N+](=O)[O-])c1. The van der Waals surface area contributed by atoms with E-state index in [1.165, 1.54) is 6.07 Å². The number of benzene rings is 1. The number of ether oxygens (including phenoxy) is 1. The molecular weight excluding hydrogens is 194 g/mol. The molecule has 1 aromatic rings. The molecule has 4 nitrogen and oxygen atoms in total. The highest BCUT2D eigenvalue weighted by molar-refractivity contribution is 5.43. The van der Waals surface area contributed by atoms with Crippen LogP contribution >= 0.6 is 0 Å². The van der Waals surface area contributed by atoms with Crippen LogP contribution in [0.25, 0.3) is 0 Å². The van der Waals surface area contributed by atoms with Crippen molar-refractivity contribution in [2.45, 2.75) is 26.7 Å². The summed E-state index contributed by atoms with van der Waals surface area (Å²) in [5.74, 6) is 0.819. The first-order chi connectivity index (χ1) is 7.04. The van der Waals surface area contributed by atoms with Crippen LogP contribution in [0.5, 0.6) is 5.75 Å². The molecule has 0 amide bonds. The first kappa shape index (κ1) is 11.5. The third kappa shape index (κ3) is 2.94. The maximum Gasteiger partial charge on any atom is 0.273 e.